The van der Waals surface area contributed by atoms with Crippen LogP contribution in [-0.2, 0) is 6.61 Å². The molecular formula is C15H13FO3. The average molecular weight is 260 g/mol. The van der Waals surface area contributed by atoms with Crippen molar-refractivity contribution in [2.75, 3.05) is 0 Å². The molecule has 0 aliphatic carbocycles. The number of rotatable bonds is 4. The molecule has 0 saturated carbocycles. The van der Waals surface area contributed by atoms with Gasteiger partial charge in [-0.2, -0.15) is 0 Å². The van der Waals surface area contributed by atoms with E-state index in [-0.39, 0.29) is 17.9 Å². The van der Waals surface area contributed by atoms with Gasteiger partial charge < -0.3 is 9.84 Å². The van der Waals surface area contributed by atoms with Gasteiger partial charge in [-0.1, -0.05) is 30.3 Å². The van der Waals surface area contributed by atoms with Crippen LogP contribution in [0, 0.1) is 12.7 Å². The summed E-state index contributed by atoms with van der Waals surface area (Å²) in [6.45, 7) is 1.81. The quantitative estimate of drug-likeness (QED) is 0.916. The molecule has 0 radical (unpaired) electrons. The molecule has 0 saturated heterocycles. The van der Waals surface area contributed by atoms with Crippen molar-refractivity contribution < 1.29 is 19.0 Å². The standard InChI is InChI=1S/C15H13FO3/c1-10-7-14(12(15(17)18)8-13(10)16)19-9-11-5-3-2-4-6-11/h2-8H,9H2,1H3,(H,17,18). The topological polar surface area (TPSA) is 46.5 Å². The summed E-state index contributed by atoms with van der Waals surface area (Å²) >= 11 is 0. The predicted octanol–water partition coefficient (Wildman–Crippen LogP) is 3.41. The number of hydrogen-bond donors (Lipinski definition) is 1. The largest absolute Gasteiger partial charge is 0.488 e. The molecule has 0 unspecified atom stereocenters. The smallest absolute Gasteiger partial charge is 0.339 e. The highest BCUT2D eigenvalue weighted by molar-refractivity contribution is 5.91. The number of carbonyl (C=O) groups is 1. The summed E-state index contributed by atoms with van der Waals surface area (Å²) in [6.07, 6.45) is 0. The van der Waals surface area contributed by atoms with Gasteiger partial charge in [0.25, 0.3) is 0 Å². The van der Waals surface area contributed by atoms with Gasteiger partial charge in [0.15, 0.2) is 0 Å². The van der Waals surface area contributed by atoms with Crippen LogP contribution in [0.5, 0.6) is 5.75 Å². The number of benzene rings is 2. The molecule has 0 aliphatic heterocycles. The van der Waals surface area contributed by atoms with Gasteiger partial charge in [0.1, 0.15) is 23.7 Å². The summed E-state index contributed by atoms with van der Waals surface area (Å²) in [5.74, 6) is -1.58. The van der Waals surface area contributed by atoms with Gasteiger partial charge in [0.05, 0.1) is 0 Å². The minimum absolute atomic E-state index is 0.168. The van der Waals surface area contributed by atoms with E-state index in [1.807, 2.05) is 30.3 Å². The van der Waals surface area contributed by atoms with E-state index in [9.17, 15) is 9.18 Å². The van der Waals surface area contributed by atoms with Crippen molar-refractivity contribution in [3.63, 3.8) is 0 Å². The van der Waals surface area contributed by atoms with Crippen LogP contribution < -0.4 is 4.74 Å². The summed E-state index contributed by atoms with van der Waals surface area (Å²) in [4.78, 5) is 11.0. The third kappa shape index (κ3) is 3.10. The maximum Gasteiger partial charge on any atom is 0.339 e. The summed E-state index contributed by atoms with van der Waals surface area (Å²) < 4.78 is 18.8. The van der Waals surface area contributed by atoms with Crippen molar-refractivity contribution in [3.8, 4) is 5.75 Å². The maximum absolute atomic E-state index is 13.4. The molecule has 0 aromatic heterocycles. The summed E-state index contributed by atoms with van der Waals surface area (Å²) in [7, 11) is 0. The first kappa shape index (κ1) is 13.1. The van der Waals surface area contributed by atoms with E-state index < -0.39 is 11.8 Å². The molecule has 0 amide bonds. The van der Waals surface area contributed by atoms with E-state index in [1.165, 1.54) is 6.07 Å². The number of ether oxygens (including phenoxy) is 1. The lowest BCUT2D eigenvalue weighted by molar-refractivity contribution is 0.0691. The number of aromatic carboxylic acids is 1. The van der Waals surface area contributed by atoms with Gasteiger partial charge in [0.2, 0.25) is 0 Å². The van der Waals surface area contributed by atoms with Gasteiger partial charge in [0, 0.05) is 0 Å². The highest BCUT2D eigenvalue weighted by Gasteiger charge is 2.14. The van der Waals surface area contributed by atoms with Crippen LogP contribution in [0.1, 0.15) is 21.5 Å². The molecule has 3 nitrogen and oxygen atoms in total. The maximum atomic E-state index is 13.4. The lowest BCUT2D eigenvalue weighted by Gasteiger charge is -2.10. The minimum atomic E-state index is -1.21. The Hall–Kier alpha value is -2.36. The highest BCUT2D eigenvalue weighted by atomic mass is 19.1. The van der Waals surface area contributed by atoms with Crippen molar-refractivity contribution >= 4 is 5.97 Å². The second-order valence-corrected chi connectivity index (χ2v) is 4.18. The van der Waals surface area contributed by atoms with E-state index in [1.54, 1.807) is 6.92 Å². The first-order valence-corrected chi connectivity index (χ1v) is 5.78. The number of carboxylic acids is 1. The molecule has 19 heavy (non-hydrogen) atoms. The van der Waals surface area contributed by atoms with Gasteiger partial charge in [-0.3, -0.25) is 0 Å². The van der Waals surface area contributed by atoms with E-state index in [0.29, 0.717) is 5.56 Å². The Morgan fingerprint density at radius 1 is 1.26 bits per heavy atom. The molecule has 0 bridgehead atoms. The van der Waals surface area contributed by atoms with Crippen LogP contribution in [0.15, 0.2) is 42.5 Å². The van der Waals surface area contributed by atoms with Crippen molar-refractivity contribution in [1.29, 1.82) is 0 Å². The van der Waals surface area contributed by atoms with E-state index in [2.05, 4.69) is 0 Å². The average Bonchev–Trinajstić information content (AvgIpc) is 2.40. The zero-order valence-electron chi connectivity index (χ0n) is 10.4. The van der Waals surface area contributed by atoms with E-state index in [0.717, 1.165) is 11.6 Å². The summed E-state index contributed by atoms with van der Waals surface area (Å²) in [5.41, 5.74) is 1.10. The first-order chi connectivity index (χ1) is 9.08. The Labute approximate surface area is 110 Å². The third-order valence-corrected chi connectivity index (χ3v) is 2.73. The van der Waals surface area contributed by atoms with E-state index in [4.69, 9.17) is 9.84 Å². The van der Waals surface area contributed by atoms with Crippen LogP contribution in [0.2, 0.25) is 0 Å². The second kappa shape index (κ2) is 5.52. The second-order valence-electron chi connectivity index (χ2n) is 4.18. The summed E-state index contributed by atoms with van der Waals surface area (Å²) in [6, 6.07) is 11.8. The minimum Gasteiger partial charge on any atom is -0.488 e. The van der Waals surface area contributed by atoms with Crippen molar-refractivity contribution in [2.24, 2.45) is 0 Å². The molecule has 0 atom stereocenters. The molecule has 98 valence electrons. The van der Waals surface area contributed by atoms with Gasteiger partial charge in [-0.05, 0) is 30.2 Å². The number of aryl methyl sites for hydroxylation is 1. The molecule has 2 aromatic rings. The molecule has 2 rings (SSSR count). The fourth-order valence-electron chi connectivity index (χ4n) is 1.68. The van der Waals surface area contributed by atoms with Crippen LogP contribution in [0.3, 0.4) is 0 Å². The van der Waals surface area contributed by atoms with Crippen LogP contribution in [0.25, 0.3) is 0 Å². The third-order valence-electron chi connectivity index (χ3n) is 2.73. The molecule has 2 aromatic carbocycles. The molecule has 0 heterocycles. The Bertz CT molecular complexity index is 594. The molecular weight excluding hydrogens is 247 g/mol. The van der Waals surface area contributed by atoms with E-state index >= 15 is 0 Å². The molecule has 0 fully saturated rings. The zero-order valence-corrected chi connectivity index (χ0v) is 10.4. The Morgan fingerprint density at radius 3 is 2.58 bits per heavy atom. The monoisotopic (exact) mass is 260 g/mol. The van der Waals surface area contributed by atoms with Crippen LogP contribution in [-0.4, -0.2) is 11.1 Å². The molecule has 0 aliphatic rings. The Morgan fingerprint density at radius 2 is 1.95 bits per heavy atom. The number of halogens is 1. The predicted molar refractivity (Wildman–Crippen MR) is 68.9 cm³/mol. The normalized spacial score (nSPS) is 10.2. The van der Waals surface area contributed by atoms with Crippen LogP contribution >= 0.6 is 0 Å². The fourth-order valence-corrected chi connectivity index (χ4v) is 1.68. The fraction of sp³-hybridized carbons (Fsp3) is 0.133. The van der Waals surface area contributed by atoms with Gasteiger partial charge >= 0.3 is 5.97 Å². The first-order valence-electron chi connectivity index (χ1n) is 5.78. The highest BCUT2D eigenvalue weighted by Crippen LogP contribution is 2.24. The lowest BCUT2D eigenvalue weighted by atomic mass is 10.1. The molecule has 4 heteroatoms. The Kier molecular flexibility index (Phi) is 3.80. The lowest BCUT2D eigenvalue weighted by Crippen LogP contribution is -2.05. The van der Waals surface area contributed by atoms with Gasteiger partial charge in [-0.25, -0.2) is 9.18 Å². The van der Waals surface area contributed by atoms with Crippen molar-refractivity contribution in [3.05, 3.63) is 65.0 Å². The van der Waals surface area contributed by atoms with Gasteiger partial charge in [-0.15, -0.1) is 0 Å². The number of hydrogen-bond acceptors (Lipinski definition) is 2. The zero-order chi connectivity index (χ0) is 13.8. The van der Waals surface area contributed by atoms with Crippen LogP contribution in [0.4, 0.5) is 4.39 Å². The van der Waals surface area contributed by atoms with Crippen molar-refractivity contribution in [2.45, 2.75) is 13.5 Å². The molecule has 1 N–H and O–H groups in total. The number of carboxylic acid groups (broad SMARTS) is 1. The van der Waals surface area contributed by atoms with Crippen molar-refractivity contribution in [1.82, 2.24) is 0 Å². The SMILES string of the molecule is Cc1cc(OCc2ccccc2)c(C(=O)O)cc1F. The molecule has 0 spiro atoms. The summed E-state index contributed by atoms with van der Waals surface area (Å²) in [5, 5.41) is 9.03. The Balaban J connectivity index is 2.24.